The highest BCUT2D eigenvalue weighted by molar-refractivity contribution is 7.16. The highest BCUT2D eigenvalue weighted by atomic mass is 32.1. The number of aromatic nitrogens is 2. The molecule has 8 nitrogen and oxygen atoms in total. The number of rotatable bonds is 5. The Morgan fingerprint density at radius 3 is 2.90 bits per heavy atom. The molecule has 2 aromatic rings. The van der Waals surface area contributed by atoms with Crippen molar-refractivity contribution in [2.45, 2.75) is 44.7 Å². The van der Waals surface area contributed by atoms with E-state index in [0.717, 1.165) is 60.8 Å². The number of hydrogen-bond acceptors (Lipinski definition) is 8. The molecule has 1 saturated carbocycles. The summed E-state index contributed by atoms with van der Waals surface area (Å²) in [4.78, 5) is 17.7. The average molecular weight is 411 g/mol. The van der Waals surface area contributed by atoms with E-state index in [4.69, 9.17) is 20.2 Å². The van der Waals surface area contributed by atoms with Crippen LogP contribution in [0.4, 0.5) is 11.8 Å². The van der Waals surface area contributed by atoms with Gasteiger partial charge in [-0.2, -0.15) is 10.2 Å². The fraction of sp³-hybridized carbons (Fsp3) is 0.600. The lowest BCUT2D eigenvalue weighted by Crippen LogP contribution is -2.29. The van der Waals surface area contributed by atoms with Crippen molar-refractivity contribution in [3.05, 3.63) is 11.4 Å². The Hall–Kier alpha value is -2.28. The summed E-state index contributed by atoms with van der Waals surface area (Å²) in [6.07, 6.45) is 3.79. The van der Waals surface area contributed by atoms with Crippen LogP contribution in [0.25, 0.3) is 10.2 Å². The third-order valence-corrected chi connectivity index (χ3v) is 7.01. The zero-order valence-electron chi connectivity index (χ0n) is 16.6. The molecular weight excluding hydrogens is 384 g/mol. The molecule has 0 spiro atoms. The van der Waals surface area contributed by atoms with Gasteiger partial charge in [-0.25, -0.2) is 15.4 Å². The van der Waals surface area contributed by atoms with Gasteiger partial charge in [0.05, 0.1) is 11.5 Å². The van der Waals surface area contributed by atoms with Gasteiger partial charge in [-0.1, -0.05) is 0 Å². The van der Waals surface area contributed by atoms with E-state index in [0.29, 0.717) is 36.3 Å². The molecule has 29 heavy (non-hydrogen) atoms. The number of anilines is 1. The first-order chi connectivity index (χ1) is 14.2. The molecule has 3 N–H and O–H groups in total. The van der Waals surface area contributed by atoms with Crippen molar-refractivity contribution in [1.82, 2.24) is 25.7 Å². The Balaban J connectivity index is 1.29. The lowest BCUT2D eigenvalue weighted by molar-refractivity contribution is 0.315. The lowest BCUT2D eigenvalue weighted by Gasteiger charge is -2.18. The maximum atomic E-state index is 8.80. The molecule has 0 amide bonds. The maximum Gasteiger partial charge on any atom is 0.226 e. The maximum absolute atomic E-state index is 8.80. The highest BCUT2D eigenvalue weighted by Gasteiger charge is 2.40. The Morgan fingerprint density at radius 2 is 2.17 bits per heavy atom. The Kier molecular flexibility index (Phi) is 5.08. The molecule has 152 valence electrons. The van der Waals surface area contributed by atoms with Crippen LogP contribution in [0, 0.1) is 23.2 Å². The highest BCUT2D eigenvalue weighted by Crippen LogP contribution is 2.39. The van der Waals surface area contributed by atoms with Gasteiger partial charge in [0.1, 0.15) is 10.7 Å². The summed E-state index contributed by atoms with van der Waals surface area (Å²) in [7, 11) is 0. The number of aliphatic imine (C=N–C) groups is 1. The second-order valence-electron chi connectivity index (χ2n) is 8.44. The van der Waals surface area contributed by atoms with Crippen molar-refractivity contribution < 1.29 is 0 Å². The monoisotopic (exact) mass is 410 g/mol. The molecule has 5 rings (SSSR count). The number of hydrazine groups is 1. The van der Waals surface area contributed by atoms with Gasteiger partial charge < -0.3 is 15.6 Å². The molecule has 2 aliphatic heterocycles. The molecule has 3 fully saturated rings. The number of nitrogens with zero attached hydrogens (tertiary/aromatic N) is 5. The van der Waals surface area contributed by atoms with Gasteiger partial charge in [0.25, 0.3) is 0 Å². The van der Waals surface area contributed by atoms with E-state index in [1.807, 2.05) is 11.4 Å². The molecule has 0 radical (unpaired) electrons. The second kappa shape index (κ2) is 7.86. The molecular formula is C20H26N8S. The molecule has 0 aromatic carbocycles. The minimum Gasteiger partial charge on any atom is -0.351 e. The van der Waals surface area contributed by atoms with Crippen molar-refractivity contribution in [2.24, 2.45) is 16.8 Å². The summed E-state index contributed by atoms with van der Waals surface area (Å²) >= 11 is 1.63. The Labute approximate surface area is 174 Å². The smallest absolute Gasteiger partial charge is 0.226 e. The Bertz CT molecular complexity index is 949. The summed E-state index contributed by atoms with van der Waals surface area (Å²) in [5.41, 5.74) is 6.33. The quantitative estimate of drug-likeness (QED) is 0.696. The van der Waals surface area contributed by atoms with Crippen LogP contribution in [-0.4, -0.2) is 52.4 Å². The largest absolute Gasteiger partial charge is 0.351 e. The number of fused-ring (bicyclic) bond motifs is 2. The SMILES string of the molecule is CC1CC(=Nc2nc(NC3C[C@@H]4CN(CCC#N)C[C@@H]4C3)nc3sccc23)NN1. The summed E-state index contributed by atoms with van der Waals surface area (Å²) in [5, 5.41) is 15.4. The van der Waals surface area contributed by atoms with Crippen molar-refractivity contribution in [3.8, 4) is 6.07 Å². The predicted molar refractivity (Wildman–Crippen MR) is 115 cm³/mol. The molecule has 2 unspecified atom stereocenters. The van der Waals surface area contributed by atoms with E-state index >= 15 is 0 Å². The van der Waals surface area contributed by atoms with Crippen LogP contribution >= 0.6 is 11.3 Å². The first-order valence-corrected chi connectivity index (χ1v) is 11.3. The van der Waals surface area contributed by atoms with Gasteiger partial charge in [-0.05, 0) is 43.0 Å². The number of likely N-dealkylation sites (tertiary alicyclic amines) is 1. The first kappa shape index (κ1) is 18.7. The van der Waals surface area contributed by atoms with Gasteiger partial charge in [0.2, 0.25) is 5.95 Å². The lowest BCUT2D eigenvalue weighted by atomic mass is 10.0. The van der Waals surface area contributed by atoms with Crippen LogP contribution in [0.3, 0.4) is 0 Å². The molecule has 4 heterocycles. The van der Waals surface area contributed by atoms with E-state index < -0.39 is 0 Å². The zero-order chi connectivity index (χ0) is 19.8. The number of amidine groups is 1. The van der Waals surface area contributed by atoms with E-state index in [9.17, 15) is 0 Å². The average Bonchev–Trinajstić information content (AvgIpc) is 3.44. The van der Waals surface area contributed by atoms with Crippen molar-refractivity contribution in [2.75, 3.05) is 25.0 Å². The van der Waals surface area contributed by atoms with Crippen LogP contribution in [-0.2, 0) is 0 Å². The van der Waals surface area contributed by atoms with Crippen LogP contribution in [0.1, 0.15) is 32.6 Å². The molecule has 0 bridgehead atoms. The second-order valence-corrected chi connectivity index (χ2v) is 9.34. The van der Waals surface area contributed by atoms with Crippen molar-refractivity contribution in [3.63, 3.8) is 0 Å². The zero-order valence-corrected chi connectivity index (χ0v) is 17.4. The summed E-state index contributed by atoms with van der Waals surface area (Å²) < 4.78 is 0. The minimum atomic E-state index is 0.372. The molecule has 2 aromatic heterocycles. The fourth-order valence-corrected chi connectivity index (χ4v) is 5.64. The molecule has 3 aliphatic rings. The van der Waals surface area contributed by atoms with Crippen LogP contribution < -0.4 is 16.2 Å². The normalized spacial score (nSPS) is 30.6. The summed E-state index contributed by atoms with van der Waals surface area (Å²) in [5.74, 6) is 3.77. The Morgan fingerprint density at radius 1 is 1.34 bits per heavy atom. The fourth-order valence-electron chi connectivity index (χ4n) is 4.88. The number of nitrogens with one attached hydrogen (secondary N) is 3. The van der Waals surface area contributed by atoms with Gasteiger partial charge in [0.15, 0.2) is 5.82 Å². The topological polar surface area (TPSA) is 101 Å². The van der Waals surface area contributed by atoms with Gasteiger partial charge in [-0.3, -0.25) is 0 Å². The number of hydrogen-bond donors (Lipinski definition) is 3. The third-order valence-electron chi connectivity index (χ3n) is 6.21. The molecule has 4 atom stereocenters. The van der Waals surface area contributed by atoms with E-state index in [2.05, 4.69) is 34.1 Å². The predicted octanol–water partition coefficient (Wildman–Crippen LogP) is 2.64. The van der Waals surface area contributed by atoms with Crippen molar-refractivity contribution >= 4 is 39.2 Å². The first-order valence-electron chi connectivity index (χ1n) is 10.4. The van der Waals surface area contributed by atoms with Crippen LogP contribution in [0.2, 0.25) is 0 Å². The van der Waals surface area contributed by atoms with Crippen LogP contribution in [0.15, 0.2) is 16.4 Å². The van der Waals surface area contributed by atoms with Crippen molar-refractivity contribution in [1.29, 1.82) is 5.26 Å². The van der Waals surface area contributed by atoms with Crippen LogP contribution in [0.5, 0.6) is 0 Å². The minimum absolute atomic E-state index is 0.372. The molecule has 1 aliphatic carbocycles. The van der Waals surface area contributed by atoms with E-state index in [1.165, 1.54) is 0 Å². The summed E-state index contributed by atoms with van der Waals surface area (Å²) in [6.45, 7) is 5.27. The molecule has 9 heteroatoms. The number of thiophene rings is 1. The van der Waals surface area contributed by atoms with Gasteiger partial charge >= 0.3 is 0 Å². The summed E-state index contributed by atoms with van der Waals surface area (Å²) in [6, 6.07) is 5.09. The molecule has 2 saturated heterocycles. The standard InChI is InChI=1S/C20H26N8S/c1-12-7-17(27-26-12)23-18-16-3-6-29-19(16)25-20(24-18)22-15-8-13-10-28(5-2-4-21)11-14(13)9-15/h3,6,12-15,26H,2,5,7-11H2,1H3,(H2,22,23,24,25,27)/t12?,13-,14+,15?. The van der Waals surface area contributed by atoms with Gasteiger partial charge in [-0.15, -0.1) is 11.3 Å². The van der Waals surface area contributed by atoms with Gasteiger partial charge in [0, 0.05) is 44.6 Å². The van der Waals surface area contributed by atoms with E-state index in [-0.39, 0.29) is 0 Å². The number of nitriles is 1. The van der Waals surface area contributed by atoms with E-state index in [1.54, 1.807) is 11.3 Å². The third kappa shape index (κ3) is 3.92.